The number of hydrogen-bond acceptors (Lipinski definition) is 3. The first-order valence-electron chi connectivity index (χ1n) is 17.3. The molecule has 2 aliphatic carbocycles. The second kappa shape index (κ2) is 11.5. The van der Waals surface area contributed by atoms with Gasteiger partial charge in [0.1, 0.15) is 0 Å². The highest BCUT2D eigenvalue weighted by atomic mass is 31.2. The van der Waals surface area contributed by atoms with E-state index in [4.69, 9.17) is 9.97 Å². The molecule has 0 aliphatic heterocycles. The van der Waals surface area contributed by atoms with Crippen molar-refractivity contribution in [3.8, 4) is 45.0 Å². The molecule has 1 heterocycles. The summed E-state index contributed by atoms with van der Waals surface area (Å²) in [6, 6.07) is 64.5. The summed E-state index contributed by atoms with van der Waals surface area (Å²) in [6.07, 6.45) is 0. The van der Waals surface area contributed by atoms with Gasteiger partial charge in [0.25, 0.3) is 0 Å². The molecule has 1 spiro atoms. The molecule has 1 atom stereocenters. The van der Waals surface area contributed by atoms with Crippen molar-refractivity contribution in [2.45, 2.75) is 5.41 Å². The Hall–Kier alpha value is -6.15. The standard InChI is InChI=1S/C47H31N2OP/c50-51(34-21-9-3-10-22-34,35-23-11-4-12-24-35)36-29-30-38-37-25-13-15-27-40(37)47(42(38)31-36)41-28-16-14-26-39(41)45-43(47)44(32-17-5-1-6-18-32)48-46(49-45)33-19-7-2-8-20-33/h1-31H. The molecular formula is C47H31N2OP. The third-order valence-corrected chi connectivity index (χ3v) is 13.6. The molecule has 1 aromatic heterocycles. The highest BCUT2D eigenvalue weighted by Crippen LogP contribution is 2.64. The number of rotatable bonds is 5. The maximum atomic E-state index is 15.9. The van der Waals surface area contributed by atoms with Gasteiger partial charge in [-0.2, -0.15) is 0 Å². The van der Waals surface area contributed by atoms with Crippen LogP contribution in [0.1, 0.15) is 22.3 Å². The van der Waals surface area contributed by atoms with Gasteiger partial charge in [-0.15, -0.1) is 0 Å². The molecule has 240 valence electrons. The zero-order valence-corrected chi connectivity index (χ0v) is 28.5. The maximum Gasteiger partial charge on any atom is 0.171 e. The van der Waals surface area contributed by atoms with Crippen LogP contribution in [0.4, 0.5) is 0 Å². The van der Waals surface area contributed by atoms with Crippen LogP contribution in [0.2, 0.25) is 0 Å². The summed E-state index contributed by atoms with van der Waals surface area (Å²) >= 11 is 0. The van der Waals surface area contributed by atoms with Crippen molar-refractivity contribution in [2.75, 3.05) is 0 Å². The fourth-order valence-corrected chi connectivity index (χ4v) is 11.1. The van der Waals surface area contributed by atoms with Crippen LogP contribution in [0.5, 0.6) is 0 Å². The predicted octanol–water partition coefficient (Wildman–Crippen LogP) is 9.79. The van der Waals surface area contributed by atoms with Gasteiger partial charge in [0.05, 0.1) is 16.8 Å². The van der Waals surface area contributed by atoms with Gasteiger partial charge in [0.2, 0.25) is 0 Å². The first-order valence-corrected chi connectivity index (χ1v) is 19.0. The summed E-state index contributed by atoms with van der Waals surface area (Å²) in [5, 5.41) is 2.43. The Morgan fingerprint density at radius 3 is 1.49 bits per heavy atom. The van der Waals surface area contributed by atoms with Crippen molar-refractivity contribution in [3.63, 3.8) is 0 Å². The van der Waals surface area contributed by atoms with Crippen molar-refractivity contribution in [2.24, 2.45) is 0 Å². The molecule has 10 rings (SSSR count). The minimum atomic E-state index is -3.28. The van der Waals surface area contributed by atoms with Gasteiger partial charge in [-0.1, -0.05) is 182 Å². The summed E-state index contributed by atoms with van der Waals surface area (Å²) in [5.41, 5.74) is 11.0. The molecule has 0 amide bonds. The van der Waals surface area contributed by atoms with Crippen molar-refractivity contribution < 1.29 is 4.57 Å². The van der Waals surface area contributed by atoms with E-state index in [1.165, 1.54) is 11.1 Å². The molecule has 51 heavy (non-hydrogen) atoms. The third-order valence-electron chi connectivity index (χ3n) is 10.6. The Balaban J connectivity index is 1.35. The summed E-state index contributed by atoms with van der Waals surface area (Å²) < 4.78 is 15.9. The van der Waals surface area contributed by atoms with Crippen molar-refractivity contribution in [3.05, 3.63) is 210 Å². The Morgan fingerprint density at radius 2 is 0.863 bits per heavy atom. The van der Waals surface area contributed by atoms with Crippen molar-refractivity contribution >= 4 is 23.1 Å². The van der Waals surface area contributed by atoms with E-state index in [-0.39, 0.29) is 0 Å². The van der Waals surface area contributed by atoms with E-state index in [2.05, 4.69) is 103 Å². The van der Waals surface area contributed by atoms with Crippen LogP contribution in [-0.2, 0) is 9.98 Å². The number of aromatic nitrogens is 2. The summed E-state index contributed by atoms with van der Waals surface area (Å²) in [6.45, 7) is 0. The second-order valence-electron chi connectivity index (χ2n) is 13.2. The third kappa shape index (κ3) is 4.22. The van der Waals surface area contributed by atoms with Crippen LogP contribution in [-0.4, -0.2) is 9.97 Å². The van der Waals surface area contributed by atoms with Gasteiger partial charge in [-0.3, -0.25) is 0 Å². The molecule has 2 aliphatic rings. The number of hydrogen-bond donors (Lipinski definition) is 0. The lowest BCUT2D eigenvalue weighted by atomic mass is 9.69. The fourth-order valence-electron chi connectivity index (χ4n) is 8.43. The van der Waals surface area contributed by atoms with Gasteiger partial charge in [0, 0.05) is 38.2 Å². The highest BCUT2D eigenvalue weighted by molar-refractivity contribution is 7.85. The highest BCUT2D eigenvalue weighted by Gasteiger charge is 2.54. The van der Waals surface area contributed by atoms with E-state index >= 15 is 4.57 Å². The maximum absolute atomic E-state index is 15.9. The Morgan fingerprint density at radius 1 is 0.392 bits per heavy atom. The number of benzene rings is 7. The lowest BCUT2D eigenvalue weighted by Gasteiger charge is -2.32. The molecule has 0 N–H and O–H groups in total. The van der Waals surface area contributed by atoms with Crippen LogP contribution in [0.3, 0.4) is 0 Å². The number of nitrogens with zero attached hydrogens (tertiary/aromatic N) is 2. The van der Waals surface area contributed by atoms with Crippen LogP contribution >= 0.6 is 7.14 Å². The van der Waals surface area contributed by atoms with Gasteiger partial charge in [-0.05, 0) is 33.9 Å². The predicted molar refractivity (Wildman–Crippen MR) is 209 cm³/mol. The molecule has 0 saturated carbocycles. The van der Waals surface area contributed by atoms with E-state index in [0.717, 1.165) is 66.2 Å². The second-order valence-corrected chi connectivity index (χ2v) is 16.0. The smallest absolute Gasteiger partial charge is 0.171 e. The zero-order chi connectivity index (χ0) is 34.0. The largest absolute Gasteiger partial charge is 0.309 e. The van der Waals surface area contributed by atoms with Gasteiger partial charge >= 0.3 is 0 Å². The van der Waals surface area contributed by atoms with E-state index in [1.807, 2.05) is 84.9 Å². The summed E-state index contributed by atoms with van der Waals surface area (Å²) in [5.74, 6) is 0.693. The average Bonchev–Trinajstić information content (AvgIpc) is 3.68. The van der Waals surface area contributed by atoms with E-state index < -0.39 is 12.6 Å². The Kier molecular flexibility index (Phi) is 6.68. The lowest BCUT2D eigenvalue weighted by molar-refractivity contribution is 0.592. The van der Waals surface area contributed by atoms with Crippen molar-refractivity contribution in [1.29, 1.82) is 0 Å². The molecule has 4 heteroatoms. The van der Waals surface area contributed by atoms with E-state index in [0.29, 0.717) is 5.82 Å². The van der Waals surface area contributed by atoms with Crippen LogP contribution in [0.15, 0.2) is 188 Å². The molecule has 0 saturated heterocycles. The molecule has 3 nitrogen and oxygen atoms in total. The minimum absolute atomic E-state index is 0.693. The molecule has 0 bridgehead atoms. The SMILES string of the molecule is O=P(c1ccccc1)(c1ccccc1)c1ccc2c(c1)C1(c3ccccc3-2)c2ccccc2-c2nc(-c3ccccc3)nc(-c3ccccc3)c21. The number of fused-ring (bicyclic) bond motifs is 10. The summed E-state index contributed by atoms with van der Waals surface area (Å²) in [4.78, 5) is 10.8. The van der Waals surface area contributed by atoms with E-state index in [9.17, 15) is 0 Å². The minimum Gasteiger partial charge on any atom is -0.309 e. The zero-order valence-electron chi connectivity index (χ0n) is 27.6. The summed E-state index contributed by atoms with van der Waals surface area (Å²) in [7, 11) is -3.28. The molecular weight excluding hydrogens is 640 g/mol. The van der Waals surface area contributed by atoms with Gasteiger partial charge < -0.3 is 4.57 Å². The average molecular weight is 671 g/mol. The lowest BCUT2D eigenvalue weighted by Crippen LogP contribution is -2.30. The normalized spacial score (nSPS) is 15.2. The Bertz CT molecular complexity index is 2620. The van der Waals surface area contributed by atoms with Crippen LogP contribution in [0.25, 0.3) is 45.0 Å². The molecule has 0 radical (unpaired) electrons. The molecule has 7 aromatic carbocycles. The van der Waals surface area contributed by atoms with Crippen LogP contribution < -0.4 is 15.9 Å². The molecule has 0 fully saturated rings. The van der Waals surface area contributed by atoms with E-state index in [1.54, 1.807) is 0 Å². The van der Waals surface area contributed by atoms with Gasteiger partial charge in [0.15, 0.2) is 13.0 Å². The Labute approximate surface area is 297 Å². The first kappa shape index (κ1) is 29.7. The van der Waals surface area contributed by atoms with Gasteiger partial charge in [-0.25, -0.2) is 9.97 Å². The fraction of sp³-hybridized carbons (Fsp3) is 0.0213. The van der Waals surface area contributed by atoms with Crippen LogP contribution in [0, 0.1) is 0 Å². The topological polar surface area (TPSA) is 42.9 Å². The molecule has 8 aromatic rings. The first-order chi connectivity index (χ1) is 25.2. The quantitative estimate of drug-likeness (QED) is 0.171. The molecule has 1 unspecified atom stereocenters. The van der Waals surface area contributed by atoms with Crippen molar-refractivity contribution in [1.82, 2.24) is 9.97 Å². The monoisotopic (exact) mass is 670 g/mol.